The summed E-state index contributed by atoms with van der Waals surface area (Å²) < 4.78 is 5.66. The molecule has 2 unspecified atom stereocenters. The Labute approximate surface area is 130 Å². The lowest BCUT2D eigenvalue weighted by molar-refractivity contribution is 0.341. The monoisotopic (exact) mass is 302 g/mol. The summed E-state index contributed by atoms with van der Waals surface area (Å²) in [4.78, 5) is 0. The van der Waals surface area contributed by atoms with E-state index in [1.165, 1.54) is 11.1 Å². The standard InChI is InChI=1S/C17H19ClN2O/c1-2-21-17-8-7-11(18)9-16(17)20-15-10-14(19)12-5-3-4-6-13(12)15/h3-9,14-15,20H,2,10,19H2,1H3. The van der Waals surface area contributed by atoms with Gasteiger partial charge in [0.15, 0.2) is 0 Å². The molecule has 0 saturated carbocycles. The lowest BCUT2D eigenvalue weighted by atomic mass is 10.1. The minimum absolute atomic E-state index is 0.0772. The SMILES string of the molecule is CCOc1ccc(Cl)cc1NC1CC(N)c2ccccc21. The van der Waals surface area contributed by atoms with E-state index < -0.39 is 0 Å². The van der Waals surface area contributed by atoms with Crippen LogP contribution in [0.3, 0.4) is 0 Å². The zero-order valence-electron chi connectivity index (χ0n) is 12.0. The number of nitrogens with two attached hydrogens (primary N) is 1. The number of fused-ring (bicyclic) bond motifs is 1. The Balaban J connectivity index is 1.90. The van der Waals surface area contributed by atoms with Crippen LogP contribution < -0.4 is 15.8 Å². The van der Waals surface area contributed by atoms with E-state index in [9.17, 15) is 0 Å². The molecular formula is C17H19ClN2O. The number of benzene rings is 2. The van der Waals surface area contributed by atoms with Crippen LogP contribution in [0.15, 0.2) is 42.5 Å². The van der Waals surface area contributed by atoms with Gasteiger partial charge >= 0.3 is 0 Å². The van der Waals surface area contributed by atoms with Gasteiger partial charge < -0.3 is 15.8 Å². The molecule has 0 radical (unpaired) electrons. The first-order valence-electron chi connectivity index (χ1n) is 7.22. The van der Waals surface area contributed by atoms with Crippen LogP contribution in [-0.4, -0.2) is 6.61 Å². The molecule has 3 rings (SSSR count). The summed E-state index contributed by atoms with van der Waals surface area (Å²) in [6, 6.07) is 14.2. The third-order valence-electron chi connectivity index (χ3n) is 3.83. The summed E-state index contributed by atoms with van der Waals surface area (Å²) >= 11 is 6.11. The highest BCUT2D eigenvalue weighted by Gasteiger charge is 2.28. The van der Waals surface area contributed by atoms with Crippen LogP contribution in [0.4, 0.5) is 5.69 Å². The number of ether oxygens (including phenoxy) is 1. The molecule has 2 atom stereocenters. The molecule has 0 aromatic heterocycles. The normalized spacial score (nSPS) is 20.1. The summed E-state index contributed by atoms with van der Waals surface area (Å²) in [6.07, 6.45) is 0.872. The zero-order valence-corrected chi connectivity index (χ0v) is 12.7. The maximum atomic E-state index is 6.22. The molecule has 21 heavy (non-hydrogen) atoms. The highest BCUT2D eigenvalue weighted by molar-refractivity contribution is 6.30. The largest absolute Gasteiger partial charge is 0.492 e. The van der Waals surface area contributed by atoms with Gasteiger partial charge in [0, 0.05) is 11.1 Å². The van der Waals surface area contributed by atoms with E-state index in [1.54, 1.807) is 0 Å². The van der Waals surface area contributed by atoms with Gasteiger partial charge in [-0.3, -0.25) is 0 Å². The van der Waals surface area contributed by atoms with Gasteiger partial charge in [-0.15, -0.1) is 0 Å². The minimum atomic E-state index is 0.0772. The molecule has 3 N–H and O–H groups in total. The topological polar surface area (TPSA) is 47.3 Å². The van der Waals surface area contributed by atoms with E-state index in [4.69, 9.17) is 22.1 Å². The first-order valence-corrected chi connectivity index (χ1v) is 7.60. The van der Waals surface area contributed by atoms with Crippen LogP contribution in [0.1, 0.15) is 36.6 Å². The molecule has 1 aliphatic rings. The molecule has 0 spiro atoms. The predicted octanol–water partition coefficient (Wildman–Crippen LogP) is 4.30. The Bertz CT molecular complexity index is 644. The van der Waals surface area contributed by atoms with Crippen LogP contribution >= 0.6 is 11.6 Å². The quantitative estimate of drug-likeness (QED) is 0.885. The first kappa shape index (κ1) is 14.2. The summed E-state index contributed by atoms with van der Waals surface area (Å²) in [5, 5.41) is 4.22. The van der Waals surface area contributed by atoms with Crippen molar-refractivity contribution in [3.8, 4) is 5.75 Å². The van der Waals surface area contributed by atoms with E-state index in [0.717, 1.165) is 17.9 Å². The van der Waals surface area contributed by atoms with E-state index in [0.29, 0.717) is 11.6 Å². The molecule has 0 saturated heterocycles. The number of anilines is 1. The van der Waals surface area contributed by atoms with Crippen LogP contribution in [0.5, 0.6) is 5.75 Å². The molecule has 110 valence electrons. The molecule has 0 heterocycles. The Morgan fingerprint density at radius 1 is 1.24 bits per heavy atom. The molecule has 0 bridgehead atoms. The van der Waals surface area contributed by atoms with E-state index >= 15 is 0 Å². The van der Waals surface area contributed by atoms with Crippen molar-refractivity contribution < 1.29 is 4.74 Å². The maximum Gasteiger partial charge on any atom is 0.142 e. The lowest BCUT2D eigenvalue weighted by Gasteiger charge is -2.18. The van der Waals surface area contributed by atoms with Crippen molar-refractivity contribution in [2.45, 2.75) is 25.4 Å². The predicted molar refractivity (Wildman–Crippen MR) is 87.0 cm³/mol. The summed E-state index contributed by atoms with van der Waals surface area (Å²) in [5.74, 6) is 0.819. The van der Waals surface area contributed by atoms with Gasteiger partial charge in [0.1, 0.15) is 5.75 Å². The highest BCUT2D eigenvalue weighted by atomic mass is 35.5. The molecule has 0 aliphatic heterocycles. The summed E-state index contributed by atoms with van der Waals surface area (Å²) in [6.45, 7) is 2.59. The van der Waals surface area contributed by atoms with Gasteiger partial charge in [-0.25, -0.2) is 0 Å². The third kappa shape index (κ3) is 2.85. The van der Waals surface area contributed by atoms with Gasteiger partial charge in [-0.1, -0.05) is 35.9 Å². The van der Waals surface area contributed by atoms with Crippen molar-refractivity contribution in [2.24, 2.45) is 5.73 Å². The molecule has 0 fully saturated rings. The van der Waals surface area contributed by atoms with Crippen LogP contribution in [0.25, 0.3) is 0 Å². The van der Waals surface area contributed by atoms with Gasteiger partial charge in [-0.05, 0) is 42.7 Å². The third-order valence-corrected chi connectivity index (χ3v) is 4.07. The zero-order chi connectivity index (χ0) is 14.8. The first-order chi connectivity index (χ1) is 10.2. The van der Waals surface area contributed by atoms with E-state index in [2.05, 4.69) is 17.4 Å². The van der Waals surface area contributed by atoms with Gasteiger partial charge in [-0.2, -0.15) is 0 Å². The second kappa shape index (κ2) is 5.96. The number of rotatable bonds is 4. The van der Waals surface area contributed by atoms with Crippen molar-refractivity contribution in [2.75, 3.05) is 11.9 Å². The summed E-state index contributed by atoms with van der Waals surface area (Å²) in [5.41, 5.74) is 9.61. The number of hydrogen-bond donors (Lipinski definition) is 2. The second-order valence-electron chi connectivity index (χ2n) is 5.24. The molecule has 2 aromatic rings. The van der Waals surface area contributed by atoms with Crippen molar-refractivity contribution in [3.63, 3.8) is 0 Å². The highest BCUT2D eigenvalue weighted by Crippen LogP contribution is 2.41. The van der Waals surface area contributed by atoms with Gasteiger partial charge in [0.25, 0.3) is 0 Å². The van der Waals surface area contributed by atoms with Crippen molar-refractivity contribution in [3.05, 3.63) is 58.6 Å². The number of nitrogens with one attached hydrogen (secondary N) is 1. The van der Waals surface area contributed by atoms with Crippen molar-refractivity contribution in [1.29, 1.82) is 0 Å². The fourth-order valence-corrected chi connectivity index (χ4v) is 3.07. The Hall–Kier alpha value is -1.71. The molecule has 4 heteroatoms. The maximum absolute atomic E-state index is 6.22. The summed E-state index contributed by atoms with van der Waals surface area (Å²) in [7, 11) is 0. The second-order valence-corrected chi connectivity index (χ2v) is 5.68. The average Bonchev–Trinajstić information content (AvgIpc) is 2.79. The van der Waals surface area contributed by atoms with Gasteiger partial charge in [0.05, 0.1) is 18.3 Å². The minimum Gasteiger partial charge on any atom is -0.492 e. The smallest absolute Gasteiger partial charge is 0.142 e. The Morgan fingerprint density at radius 2 is 2.00 bits per heavy atom. The lowest BCUT2D eigenvalue weighted by Crippen LogP contribution is -2.11. The van der Waals surface area contributed by atoms with Crippen LogP contribution in [0, 0.1) is 0 Å². The fourth-order valence-electron chi connectivity index (χ4n) is 2.89. The van der Waals surface area contributed by atoms with Crippen molar-refractivity contribution >= 4 is 17.3 Å². The Kier molecular flexibility index (Phi) is 4.04. The van der Waals surface area contributed by atoms with Crippen LogP contribution in [0.2, 0.25) is 5.02 Å². The molecule has 3 nitrogen and oxygen atoms in total. The number of hydrogen-bond acceptors (Lipinski definition) is 3. The molecule has 2 aromatic carbocycles. The van der Waals surface area contributed by atoms with Gasteiger partial charge in [0.2, 0.25) is 0 Å². The fraction of sp³-hybridized carbons (Fsp3) is 0.294. The average molecular weight is 303 g/mol. The van der Waals surface area contributed by atoms with Crippen molar-refractivity contribution in [1.82, 2.24) is 0 Å². The number of halogens is 1. The molecule has 1 aliphatic carbocycles. The van der Waals surface area contributed by atoms with Crippen LogP contribution in [-0.2, 0) is 0 Å². The van der Waals surface area contributed by atoms with E-state index in [1.807, 2.05) is 37.3 Å². The Morgan fingerprint density at radius 3 is 2.76 bits per heavy atom. The molecule has 0 amide bonds. The molecular weight excluding hydrogens is 284 g/mol. The van der Waals surface area contributed by atoms with E-state index in [-0.39, 0.29) is 12.1 Å².